The molecule has 0 spiro atoms. The highest BCUT2D eigenvalue weighted by Crippen LogP contribution is 2.23. The van der Waals surface area contributed by atoms with E-state index in [9.17, 15) is 9.90 Å². The molecule has 1 atom stereocenters. The van der Waals surface area contributed by atoms with Crippen LogP contribution in [0.3, 0.4) is 0 Å². The molecule has 1 aliphatic heterocycles. The number of likely N-dealkylation sites (N-methyl/N-ethyl adjacent to an activating group) is 1. The summed E-state index contributed by atoms with van der Waals surface area (Å²) in [4.78, 5) is 24.7. The number of aromatic nitrogens is 3. The number of aryl methyl sites for hydroxylation is 1. The Morgan fingerprint density at radius 2 is 2.12 bits per heavy atom. The third kappa shape index (κ3) is 4.47. The Hall–Kier alpha value is -2.25. The number of amides is 1. The minimum atomic E-state index is -0.858. The fourth-order valence-electron chi connectivity index (χ4n) is 3.46. The Labute approximate surface area is 154 Å². The predicted octanol–water partition coefficient (Wildman–Crippen LogP) is 1.07. The highest BCUT2D eigenvalue weighted by atomic mass is 16.3. The second-order valence-corrected chi connectivity index (χ2v) is 7.05. The maximum absolute atomic E-state index is 12.5. The van der Waals surface area contributed by atoms with Crippen molar-refractivity contribution < 1.29 is 9.90 Å². The largest absolute Gasteiger partial charge is 0.387 e. The number of β-amino-alcohol motifs (C(OH)–C–C–N with tert-alkyl or cyclic N) is 1. The lowest BCUT2D eigenvalue weighted by molar-refractivity contribution is -0.132. The normalized spacial score (nSPS) is 20.1. The summed E-state index contributed by atoms with van der Waals surface area (Å²) in [6.45, 7) is 7.38. The van der Waals surface area contributed by atoms with Crippen molar-refractivity contribution in [1.82, 2.24) is 24.3 Å². The van der Waals surface area contributed by atoms with Crippen LogP contribution in [0.25, 0.3) is 0 Å². The molecule has 7 heteroatoms. The second kappa shape index (κ2) is 7.97. The lowest BCUT2D eigenvalue weighted by Crippen LogP contribution is -2.46. The zero-order chi connectivity index (χ0) is 18.6. The molecule has 1 saturated heterocycles. The molecule has 0 aliphatic carbocycles. The van der Waals surface area contributed by atoms with Crippen LogP contribution in [0.5, 0.6) is 0 Å². The topological polar surface area (TPSA) is 74.5 Å². The van der Waals surface area contributed by atoms with Gasteiger partial charge in [-0.3, -0.25) is 14.7 Å². The van der Waals surface area contributed by atoms with Crippen LogP contribution in [0.2, 0.25) is 0 Å². The van der Waals surface area contributed by atoms with E-state index in [0.29, 0.717) is 26.1 Å². The van der Waals surface area contributed by atoms with E-state index in [-0.39, 0.29) is 12.5 Å². The van der Waals surface area contributed by atoms with Crippen LogP contribution < -0.4 is 0 Å². The van der Waals surface area contributed by atoms with Gasteiger partial charge < -0.3 is 14.6 Å². The molecule has 3 heterocycles. The van der Waals surface area contributed by atoms with Crippen molar-refractivity contribution in [3.8, 4) is 0 Å². The van der Waals surface area contributed by atoms with Gasteiger partial charge in [-0.15, -0.1) is 0 Å². The number of hydrogen-bond donors (Lipinski definition) is 1. The zero-order valence-electron chi connectivity index (χ0n) is 15.5. The number of pyridine rings is 1. The van der Waals surface area contributed by atoms with Crippen molar-refractivity contribution >= 4 is 5.91 Å². The molecule has 0 radical (unpaired) electrons. The smallest absolute Gasteiger partial charge is 0.242 e. The maximum Gasteiger partial charge on any atom is 0.242 e. The molecule has 3 rings (SSSR count). The molecule has 0 bridgehead atoms. The summed E-state index contributed by atoms with van der Waals surface area (Å²) in [5.41, 5.74) is 0.315. The predicted molar refractivity (Wildman–Crippen MR) is 98.3 cm³/mol. The molecule has 7 nitrogen and oxygen atoms in total. The SMILES string of the molecule is CCN(Cc1ccncc1)C[C@@]1(O)CCN(C(=O)Cn2ccnc2C)C1. The van der Waals surface area contributed by atoms with E-state index in [1.54, 1.807) is 23.5 Å². The highest BCUT2D eigenvalue weighted by Gasteiger charge is 2.39. The summed E-state index contributed by atoms with van der Waals surface area (Å²) in [6, 6.07) is 3.98. The van der Waals surface area contributed by atoms with Gasteiger partial charge >= 0.3 is 0 Å². The van der Waals surface area contributed by atoms with Crippen molar-refractivity contribution in [2.24, 2.45) is 0 Å². The third-order valence-corrected chi connectivity index (χ3v) is 5.03. The van der Waals surface area contributed by atoms with E-state index < -0.39 is 5.60 Å². The number of imidazole rings is 1. The van der Waals surface area contributed by atoms with Crippen LogP contribution in [0.15, 0.2) is 36.9 Å². The van der Waals surface area contributed by atoms with E-state index >= 15 is 0 Å². The summed E-state index contributed by atoms with van der Waals surface area (Å²) in [5.74, 6) is 0.849. The lowest BCUT2D eigenvalue weighted by atomic mass is 10.0. The fraction of sp³-hybridized carbons (Fsp3) is 0.526. The van der Waals surface area contributed by atoms with Crippen LogP contribution in [-0.4, -0.2) is 67.1 Å². The third-order valence-electron chi connectivity index (χ3n) is 5.03. The van der Waals surface area contributed by atoms with E-state index in [1.807, 2.05) is 29.8 Å². The number of nitrogens with zero attached hydrogens (tertiary/aromatic N) is 5. The van der Waals surface area contributed by atoms with Crippen LogP contribution in [-0.2, 0) is 17.9 Å². The quantitative estimate of drug-likeness (QED) is 0.802. The molecule has 0 aromatic carbocycles. The van der Waals surface area contributed by atoms with Crippen LogP contribution >= 0.6 is 0 Å². The Morgan fingerprint density at radius 3 is 2.77 bits per heavy atom. The van der Waals surface area contributed by atoms with Crippen molar-refractivity contribution in [2.45, 2.75) is 39.0 Å². The number of hydrogen-bond acceptors (Lipinski definition) is 5. The standard InChI is InChI=1S/C19H27N5O2/c1-3-22(12-17-4-7-20-8-5-17)14-19(26)6-10-24(15-19)18(25)13-23-11-9-21-16(23)2/h4-5,7-9,11,26H,3,6,10,12-15H2,1-2H3/t19-/m0/s1. The van der Waals surface area contributed by atoms with Crippen LogP contribution in [0.4, 0.5) is 0 Å². The number of carbonyl (C=O) groups is 1. The average Bonchev–Trinajstić information content (AvgIpc) is 3.21. The Kier molecular flexibility index (Phi) is 5.68. The molecule has 1 amide bonds. The summed E-state index contributed by atoms with van der Waals surface area (Å²) >= 11 is 0. The molecule has 1 aliphatic rings. The number of likely N-dealkylation sites (tertiary alicyclic amines) is 1. The van der Waals surface area contributed by atoms with Gasteiger partial charge in [-0.25, -0.2) is 4.98 Å². The second-order valence-electron chi connectivity index (χ2n) is 7.05. The molecule has 0 saturated carbocycles. The van der Waals surface area contributed by atoms with E-state index in [2.05, 4.69) is 21.8 Å². The van der Waals surface area contributed by atoms with E-state index in [0.717, 1.165) is 18.9 Å². The molecule has 0 unspecified atom stereocenters. The molecule has 26 heavy (non-hydrogen) atoms. The van der Waals surface area contributed by atoms with Gasteiger partial charge in [0.25, 0.3) is 0 Å². The van der Waals surface area contributed by atoms with Gasteiger partial charge in [0, 0.05) is 44.4 Å². The first-order chi connectivity index (χ1) is 12.5. The number of aliphatic hydroxyl groups is 1. The molecule has 1 fully saturated rings. The molecule has 1 N–H and O–H groups in total. The van der Waals surface area contributed by atoms with Gasteiger partial charge in [0.1, 0.15) is 12.4 Å². The molecular weight excluding hydrogens is 330 g/mol. The van der Waals surface area contributed by atoms with Gasteiger partial charge in [0.15, 0.2) is 0 Å². The van der Waals surface area contributed by atoms with Crippen molar-refractivity contribution in [1.29, 1.82) is 0 Å². The summed E-state index contributed by atoms with van der Waals surface area (Å²) in [6.07, 6.45) is 7.68. The molecule has 2 aromatic heterocycles. The van der Waals surface area contributed by atoms with E-state index in [4.69, 9.17) is 0 Å². The van der Waals surface area contributed by atoms with Gasteiger partial charge in [-0.2, -0.15) is 0 Å². The van der Waals surface area contributed by atoms with Gasteiger partial charge in [-0.05, 0) is 37.6 Å². The minimum Gasteiger partial charge on any atom is -0.387 e. The van der Waals surface area contributed by atoms with Crippen molar-refractivity contribution in [3.63, 3.8) is 0 Å². The summed E-state index contributed by atoms with van der Waals surface area (Å²) in [5, 5.41) is 11.0. The first-order valence-electron chi connectivity index (χ1n) is 9.08. The lowest BCUT2D eigenvalue weighted by Gasteiger charge is -2.30. The van der Waals surface area contributed by atoms with Gasteiger partial charge in [0.05, 0.1) is 12.1 Å². The molecule has 2 aromatic rings. The summed E-state index contributed by atoms with van der Waals surface area (Å²) in [7, 11) is 0. The monoisotopic (exact) mass is 357 g/mol. The van der Waals surface area contributed by atoms with E-state index in [1.165, 1.54) is 5.56 Å². The van der Waals surface area contributed by atoms with Crippen molar-refractivity contribution in [3.05, 3.63) is 48.3 Å². The Morgan fingerprint density at radius 1 is 1.35 bits per heavy atom. The molecule has 140 valence electrons. The maximum atomic E-state index is 12.5. The van der Waals surface area contributed by atoms with Crippen LogP contribution in [0.1, 0.15) is 24.7 Å². The first-order valence-corrected chi connectivity index (χ1v) is 9.08. The highest BCUT2D eigenvalue weighted by molar-refractivity contribution is 5.76. The average molecular weight is 357 g/mol. The first kappa shape index (κ1) is 18.5. The Bertz CT molecular complexity index is 733. The van der Waals surface area contributed by atoms with Crippen LogP contribution in [0, 0.1) is 6.92 Å². The van der Waals surface area contributed by atoms with Gasteiger partial charge in [-0.1, -0.05) is 6.92 Å². The summed E-state index contributed by atoms with van der Waals surface area (Å²) < 4.78 is 1.83. The zero-order valence-corrected chi connectivity index (χ0v) is 15.5. The van der Waals surface area contributed by atoms with Crippen molar-refractivity contribution in [2.75, 3.05) is 26.2 Å². The minimum absolute atomic E-state index is 0.0270. The number of rotatable bonds is 7. The molecular formula is C19H27N5O2. The fourth-order valence-corrected chi connectivity index (χ4v) is 3.46. The number of carbonyl (C=O) groups excluding carboxylic acids is 1. The van der Waals surface area contributed by atoms with Gasteiger partial charge in [0.2, 0.25) is 5.91 Å². The Balaban J connectivity index is 1.57.